The molecule has 1 saturated heterocycles. The van der Waals surface area contributed by atoms with Crippen molar-refractivity contribution in [3.05, 3.63) is 59.2 Å². The lowest BCUT2D eigenvalue weighted by Gasteiger charge is -2.25. The smallest absolute Gasteiger partial charge is 0.205 e. The second-order valence-electron chi connectivity index (χ2n) is 6.32. The van der Waals surface area contributed by atoms with Crippen LogP contribution in [0.2, 0.25) is 0 Å². The Bertz CT molecular complexity index is 836. The summed E-state index contributed by atoms with van der Waals surface area (Å²) in [4.78, 5) is 1.99. The van der Waals surface area contributed by atoms with Crippen molar-refractivity contribution in [2.75, 3.05) is 39.5 Å². The first-order valence-electron chi connectivity index (χ1n) is 9.24. The molecule has 1 aliphatic heterocycles. The molecule has 156 valence electrons. The van der Waals surface area contributed by atoms with E-state index in [1.165, 1.54) is 30.3 Å². The zero-order valence-corrected chi connectivity index (χ0v) is 15.9. The first kappa shape index (κ1) is 21.1. The lowest BCUT2D eigenvalue weighted by Crippen LogP contribution is -2.36. The van der Waals surface area contributed by atoms with Gasteiger partial charge in [-0.15, -0.1) is 0 Å². The Kier molecular flexibility index (Phi) is 7.11. The second kappa shape index (κ2) is 9.76. The summed E-state index contributed by atoms with van der Waals surface area (Å²) in [6.45, 7) is 5.11. The van der Waals surface area contributed by atoms with Gasteiger partial charge in [0, 0.05) is 19.6 Å². The number of ether oxygens (including phenoxy) is 3. The Balaban J connectivity index is 1.79. The molecular formula is C21H21F4NO3. The lowest BCUT2D eigenvalue weighted by molar-refractivity contribution is 0.0435. The highest BCUT2D eigenvalue weighted by Gasteiger charge is 2.26. The van der Waals surface area contributed by atoms with Crippen LogP contribution in [0.4, 0.5) is 17.6 Å². The van der Waals surface area contributed by atoms with Crippen molar-refractivity contribution in [1.82, 2.24) is 4.90 Å². The van der Waals surface area contributed by atoms with Crippen LogP contribution in [0.5, 0.6) is 17.2 Å². The molecule has 0 aliphatic carbocycles. The van der Waals surface area contributed by atoms with Gasteiger partial charge >= 0.3 is 0 Å². The Labute approximate surface area is 166 Å². The van der Waals surface area contributed by atoms with Crippen molar-refractivity contribution in [3.63, 3.8) is 0 Å². The Morgan fingerprint density at radius 1 is 0.931 bits per heavy atom. The molecule has 0 saturated carbocycles. The fourth-order valence-corrected chi connectivity index (χ4v) is 2.86. The number of nitrogens with zero attached hydrogens (tertiary/aromatic N) is 1. The Morgan fingerprint density at radius 2 is 1.52 bits per heavy atom. The molecule has 0 atom stereocenters. The monoisotopic (exact) mass is 411 g/mol. The van der Waals surface area contributed by atoms with Crippen LogP contribution in [0.1, 0.15) is 12.5 Å². The zero-order valence-electron chi connectivity index (χ0n) is 15.9. The molecule has 3 rings (SSSR count). The normalized spacial score (nSPS) is 15.1. The summed E-state index contributed by atoms with van der Waals surface area (Å²) in [5.74, 6) is -6.80. The van der Waals surface area contributed by atoms with E-state index in [4.69, 9.17) is 14.2 Å². The molecule has 29 heavy (non-hydrogen) atoms. The molecule has 0 aromatic heterocycles. The Morgan fingerprint density at radius 3 is 2.10 bits per heavy atom. The molecule has 0 spiro atoms. The van der Waals surface area contributed by atoms with E-state index in [0.29, 0.717) is 45.2 Å². The lowest BCUT2D eigenvalue weighted by atomic mass is 10.1. The molecule has 4 nitrogen and oxygen atoms in total. The quantitative estimate of drug-likeness (QED) is 0.485. The highest BCUT2D eigenvalue weighted by atomic mass is 19.2. The van der Waals surface area contributed by atoms with Gasteiger partial charge in [-0.05, 0) is 31.2 Å². The van der Waals surface area contributed by atoms with Crippen LogP contribution >= 0.6 is 0 Å². The number of hydrogen-bond acceptors (Lipinski definition) is 4. The van der Waals surface area contributed by atoms with Gasteiger partial charge in [0.1, 0.15) is 11.5 Å². The summed E-state index contributed by atoms with van der Waals surface area (Å²) in [7, 11) is 0. The van der Waals surface area contributed by atoms with Gasteiger partial charge in [-0.1, -0.05) is 12.2 Å². The Hall–Kier alpha value is -2.58. The highest BCUT2D eigenvalue weighted by Crippen LogP contribution is 2.34. The standard InChI is InChI=1S/C21H21F4NO3/c1-2-28-14-5-7-15(8-6-14)29-21-19(24)17(22)16(18(23)20(21)25)4-3-9-26-10-12-27-13-11-26/h3-8H,2,9-13H2,1H3. The van der Waals surface area contributed by atoms with Crippen molar-refractivity contribution in [2.45, 2.75) is 6.92 Å². The van der Waals surface area contributed by atoms with Gasteiger partial charge in [-0.25, -0.2) is 8.78 Å². The summed E-state index contributed by atoms with van der Waals surface area (Å²) in [5.41, 5.74) is -0.785. The van der Waals surface area contributed by atoms with Crippen molar-refractivity contribution in [1.29, 1.82) is 0 Å². The number of benzene rings is 2. The van der Waals surface area contributed by atoms with E-state index < -0.39 is 34.6 Å². The maximum Gasteiger partial charge on any atom is 0.205 e. The van der Waals surface area contributed by atoms with E-state index >= 15 is 0 Å². The van der Waals surface area contributed by atoms with Gasteiger partial charge in [-0.3, -0.25) is 4.90 Å². The van der Waals surface area contributed by atoms with Crippen LogP contribution in [-0.2, 0) is 4.74 Å². The molecular weight excluding hydrogens is 390 g/mol. The SMILES string of the molecule is CCOc1ccc(Oc2c(F)c(F)c(C=CCN3CCOCC3)c(F)c2F)cc1. The first-order valence-corrected chi connectivity index (χ1v) is 9.24. The third-order valence-electron chi connectivity index (χ3n) is 4.36. The van der Waals surface area contributed by atoms with Crippen LogP contribution in [0.25, 0.3) is 6.08 Å². The minimum atomic E-state index is -1.59. The zero-order chi connectivity index (χ0) is 20.8. The third-order valence-corrected chi connectivity index (χ3v) is 4.36. The average molecular weight is 411 g/mol. The fourth-order valence-electron chi connectivity index (χ4n) is 2.86. The third kappa shape index (κ3) is 5.07. The fraction of sp³-hybridized carbons (Fsp3) is 0.333. The molecule has 1 aliphatic rings. The number of halogens is 4. The molecule has 8 heteroatoms. The first-order chi connectivity index (χ1) is 14.0. The minimum Gasteiger partial charge on any atom is -0.494 e. The maximum atomic E-state index is 14.4. The van der Waals surface area contributed by atoms with Crippen molar-refractivity contribution < 1.29 is 31.8 Å². The molecule has 2 aromatic rings. The summed E-state index contributed by atoms with van der Waals surface area (Å²) < 4.78 is 73.0. The predicted molar refractivity (Wildman–Crippen MR) is 100 cm³/mol. The van der Waals surface area contributed by atoms with E-state index in [9.17, 15) is 17.6 Å². The topological polar surface area (TPSA) is 30.9 Å². The molecule has 0 N–H and O–H groups in total. The maximum absolute atomic E-state index is 14.4. The van der Waals surface area contributed by atoms with Gasteiger partial charge in [0.2, 0.25) is 17.4 Å². The number of morpholine rings is 1. The van der Waals surface area contributed by atoms with E-state index in [1.54, 1.807) is 6.92 Å². The highest BCUT2D eigenvalue weighted by molar-refractivity contribution is 5.54. The van der Waals surface area contributed by atoms with Gasteiger partial charge in [0.15, 0.2) is 11.6 Å². The van der Waals surface area contributed by atoms with Crippen molar-refractivity contribution in [2.24, 2.45) is 0 Å². The van der Waals surface area contributed by atoms with Crippen LogP contribution in [0.15, 0.2) is 30.3 Å². The summed E-state index contributed by atoms with van der Waals surface area (Å²) in [6, 6.07) is 5.81. The van der Waals surface area contributed by atoms with E-state index in [2.05, 4.69) is 0 Å². The van der Waals surface area contributed by atoms with Gasteiger partial charge < -0.3 is 14.2 Å². The van der Waals surface area contributed by atoms with E-state index in [1.807, 2.05) is 4.90 Å². The second-order valence-corrected chi connectivity index (χ2v) is 6.32. The largest absolute Gasteiger partial charge is 0.494 e. The van der Waals surface area contributed by atoms with Gasteiger partial charge in [0.25, 0.3) is 0 Å². The molecule has 2 aromatic carbocycles. The van der Waals surface area contributed by atoms with E-state index in [0.717, 1.165) is 6.08 Å². The summed E-state index contributed by atoms with van der Waals surface area (Å²) in [5, 5.41) is 0. The molecule has 1 heterocycles. The van der Waals surface area contributed by atoms with Crippen LogP contribution in [-0.4, -0.2) is 44.4 Å². The number of hydrogen-bond donors (Lipinski definition) is 0. The molecule has 0 unspecified atom stereocenters. The van der Waals surface area contributed by atoms with Crippen LogP contribution in [0.3, 0.4) is 0 Å². The van der Waals surface area contributed by atoms with Crippen LogP contribution in [0, 0.1) is 23.3 Å². The average Bonchev–Trinajstić information content (AvgIpc) is 2.74. The van der Waals surface area contributed by atoms with Crippen molar-refractivity contribution >= 4 is 6.08 Å². The molecule has 0 bridgehead atoms. The van der Waals surface area contributed by atoms with Gasteiger partial charge in [-0.2, -0.15) is 8.78 Å². The van der Waals surface area contributed by atoms with Crippen LogP contribution < -0.4 is 9.47 Å². The van der Waals surface area contributed by atoms with E-state index in [-0.39, 0.29) is 5.75 Å². The van der Waals surface area contributed by atoms with Gasteiger partial charge in [0.05, 0.1) is 25.4 Å². The molecule has 0 amide bonds. The minimum absolute atomic E-state index is 0.0145. The molecule has 1 fully saturated rings. The predicted octanol–water partition coefficient (Wildman–Crippen LogP) is 4.78. The summed E-state index contributed by atoms with van der Waals surface area (Å²) in [6.07, 6.45) is 2.49. The number of rotatable bonds is 7. The van der Waals surface area contributed by atoms with Crippen molar-refractivity contribution in [3.8, 4) is 17.2 Å². The summed E-state index contributed by atoms with van der Waals surface area (Å²) >= 11 is 0. The molecule has 0 radical (unpaired) electrons.